The van der Waals surface area contributed by atoms with Gasteiger partial charge in [0.2, 0.25) is 17.1 Å². The number of rotatable bonds is 3. The largest absolute Gasteiger partial charge is 0.213 e. The van der Waals surface area contributed by atoms with Crippen molar-refractivity contribution in [3.05, 3.63) is 266 Å². The van der Waals surface area contributed by atoms with Gasteiger partial charge in [0.25, 0.3) is 0 Å². The fourth-order valence-corrected chi connectivity index (χ4v) is 17.4. The summed E-state index contributed by atoms with van der Waals surface area (Å²) in [5.74, 6) is 0. The highest BCUT2D eigenvalue weighted by Gasteiger charge is 2.51. The smallest absolute Gasteiger partial charge is 0.201 e. The van der Waals surface area contributed by atoms with Crippen LogP contribution in [-0.2, 0) is 53.6 Å². The molecular weight excluding hydrogens is 1160 g/mol. The molecule has 0 bridgehead atoms. The van der Waals surface area contributed by atoms with E-state index in [0.717, 1.165) is 0 Å². The molecule has 96 heavy (non-hydrogen) atoms. The molecule has 486 valence electrons. The fraction of sp³-hybridized carbons (Fsp3) is 0.323. The van der Waals surface area contributed by atoms with Crippen LogP contribution in [0.3, 0.4) is 0 Å². The highest BCUT2D eigenvalue weighted by atomic mass is 14.9. The van der Waals surface area contributed by atoms with Crippen LogP contribution < -0.4 is 13.7 Å². The van der Waals surface area contributed by atoms with Crippen LogP contribution in [0.4, 0.5) is 0 Å². The zero-order valence-corrected chi connectivity index (χ0v) is 62.2. The molecule has 3 heteroatoms. The Bertz CT molecular complexity index is 5220. The van der Waals surface area contributed by atoms with Crippen molar-refractivity contribution in [2.24, 2.45) is 21.1 Å². The van der Waals surface area contributed by atoms with Gasteiger partial charge >= 0.3 is 0 Å². The molecule has 3 aliphatic carbocycles. The Labute approximate surface area is 574 Å². The maximum Gasteiger partial charge on any atom is 0.213 e. The summed E-state index contributed by atoms with van der Waals surface area (Å²) in [4.78, 5) is 0. The van der Waals surface area contributed by atoms with Gasteiger partial charge < -0.3 is 0 Å². The molecule has 0 unspecified atom stereocenters. The summed E-state index contributed by atoms with van der Waals surface area (Å²) in [5.41, 5.74) is 37.3. The second-order valence-electron chi connectivity index (χ2n) is 32.3. The maximum atomic E-state index is 2.44. The van der Waals surface area contributed by atoms with Gasteiger partial charge in [-0.05, 0) is 246 Å². The summed E-state index contributed by atoms with van der Waals surface area (Å²) in [6.07, 6.45) is 6.77. The van der Waals surface area contributed by atoms with Crippen LogP contribution >= 0.6 is 0 Å². The average molecular weight is 1260 g/mol. The first-order chi connectivity index (χ1) is 45.1. The molecule has 0 N–H and O–H groups in total. The Hall–Kier alpha value is -8.79. The minimum absolute atomic E-state index is 0.00377. The summed E-state index contributed by atoms with van der Waals surface area (Å²) in [7, 11) is 6.51. The van der Waals surface area contributed by atoms with Gasteiger partial charge in [0.1, 0.15) is 21.1 Å². The lowest BCUT2D eigenvalue weighted by Crippen LogP contribution is -2.44. The highest BCUT2D eigenvalue weighted by molar-refractivity contribution is 6.04. The van der Waals surface area contributed by atoms with E-state index in [9.17, 15) is 0 Å². The first kappa shape index (κ1) is 65.9. The summed E-state index contributed by atoms with van der Waals surface area (Å²) < 4.78 is 6.87. The molecule has 12 aromatic rings. The van der Waals surface area contributed by atoms with Crippen LogP contribution in [0.1, 0.15) is 167 Å². The SMILES string of the molecule is Cc1cc(-c2c(C)ccc3c2C(C)(C)C(C)(C)c2ccc4ccccc4c2-3)[n+](C)cc1C.Cc1cc(-c2ccc3c(c2C)C(C)(C)C(C)(C)c2cc4ccccc4cc2-3)[n+](C)cc1C.Cc1cc(-c2ccc3c(c2C)C(C)(C)C(C)(C)c2ccc4ccccc4c2-3)[n+](C)cc1C. The van der Waals surface area contributed by atoms with E-state index in [1.54, 1.807) is 0 Å². The van der Waals surface area contributed by atoms with Crippen molar-refractivity contribution >= 4 is 32.3 Å². The molecule has 9 aromatic carbocycles. The monoisotopic (exact) mass is 1260 g/mol. The lowest BCUT2D eigenvalue weighted by atomic mass is 9.54. The van der Waals surface area contributed by atoms with Gasteiger partial charge in [-0.15, -0.1) is 0 Å². The number of aromatic nitrogens is 3. The van der Waals surface area contributed by atoms with Crippen molar-refractivity contribution in [1.82, 2.24) is 0 Å². The first-order valence-electron chi connectivity index (χ1n) is 35.1. The lowest BCUT2D eigenvalue weighted by Gasteiger charge is -2.49. The normalized spacial score (nSPS) is 16.0. The van der Waals surface area contributed by atoms with Crippen LogP contribution in [0.25, 0.3) is 99.5 Å². The second-order valence-corrected chi connectivity index (χ2v) is 32.3. The van der Waals surface area contributed by atoms with Gasteiger partial charge in [-0.2, -0.15) is 0 Å². The van der Waals surface area contributed by atoms with Gasteiger partial charge in [0.15, 0.2) is 18.6 Å². The van der Waals surface area contributed by atoms with Crippen molar-refractivity contribution in [3.8, 4) is 67.2 Å². The van der Waals surface area contributed by atoms with Crippen molar-refractivity contribution in [3.63, 3.8) is 0 Å². The fourth-order valence-electron chi connectivity index (χ4n) is 17.4. The quantitative estimate of drug-likeness (QED) is 0.156. The summed E-state index contributed by atoms with van der Waals surface area (Å²) in [6.45, 7) is 49.3. The van der Waals surface area contributed by atoms with Crippen molar-refractivity contribution in [2.45, 2.75) is 178 Å². The zero-order valence-electron chi connectivity index (χ0n) is 62.2. The molecule has 3 heterocycles. The molecule has 0 radical (unpaired) electrons. The highest BCUT2D eigenvalue weighted by Crippen LogP contribution is 2.61. The molecule has 0 saturated carbocycles. The Morgan fingerprint density at radius 3 is 1.05 bits per heavy atom. The van der Waals surface area contributed by atoms with Gasteiger partial charge in [0.05, 0.1) is 5.56 Å². The predicted octanol–water partition coefficient (Wildman–Crippen LogP) is 22.5. The van der Waals surface area contributed by atoms with E-state index in [1.807, 2.05) is 0 Å². The standard InChI is InChI=1S/3C31H34N/c1-19-17-27(32(8)18-20(19)2)23-14-15-25-28-24-12-10-9-11-22(24)13-16-26(28)30(4,5)31(6,7)29(25)21(23)3;1-19-13-15-24-28-23-12-10-9-11-22(23)14-16-25(28)30(4,5)31(6,7)29(24)27(19)26-17-20(2)21(3)18-32(26)8;1-19-15-28(32(8)18-20(19)2)24-13-14-25-26-16-22-11-9-10-12-23(22)17-27(26)30(4,5)31(6,7)29(25)21(24)3/h3*9-18H,1-8H3/q3*+1. The minimum Gasteiger partial charge on any atom is -0.201 e. The Balaban J connectivity index is 0.000000130. The van der Waals surface area contributed by atoms with Crippen molar-refractivity contribution in [1.29, 1.82) is 0 Å². The first-order valence-corrected chi connectivity index (χ1v) is 35.1. The van der Waals surface area contributed by atoms with Gasteiger partial charge in [-0.25, -0.2) is 13.7 Å². The second kappa shape index (κ2) is 22.9. The van der Waals surface area contributed by atoms with Gasteiger partial charge in [-0.1, -0.05) is 204 Å². The number of pyridine rings is 3. The maximum absolute atomic E-state index is 2.44. The van der Waals surface area contributed by atoms with Crippen LogP contribution in [0, 0.1) is 62.3 Å². The topological polar surface area (TPSA) is 11.6 Å². The third-order valence-electron chi connectivity index (χ3n) is 25.5. The van der Waals surface area contributed by atoms with Crippen LogP contribution in [-0.4, -0.2) is 0 Å². The lowest BCUT2D eigenvalue weighted by molar-refractivity contribution is -0.660. The minimum atomic E-state index is -0.0368. The van der Waals surface area contributed by atoms with Gasteiger partial charge in [-0.3, -0.25) is 0 Å². The van der Waals surface area contributed by atoms with E-state index in [4.69, 9.17) is 0 Å². The number of benzene rings is 9. The Morgan fingerprint density at radius 1 is 0.240 bits per heavy atom. The third-order valence-corrected chi connectivity index (χ3v) is 25.5. The molecule has 3 aromatic heterocycles. The van der Waals surface area contributed by atoms with E-state index in [2.05, 4.69) is 363 Å². The molecule has 0 fully saturated rings. The zero-order chi connectivity index (χ0) is 69.0. The molecule has 0 saturated heterocycles. The molecule has 0 aliphatic heterocycles. The molecule has 3 aliphatic rings. The summed E-state index contributed by atoms with van der Waals surface area (Å²) in [5, 5.41) is 7.98. The van der Waals surface area contributed by atoms with E-state index >= 15 is 0 Å². The number of nitrogens with zero attached hydrogens (tertiary/aromatic N) is 3. The number of fused-ring (bicyclic) bond motifs is 14. The van der Waals surface area contributed by atoms with Crippen LogP contribution in [0.5, 0.6) is 0 Å². The third kappa shape index (κ3) is 9.81. The van der Waals surface area contributed by atoms with Crippen LogP contribution in [0.15, 0.2) is 182 Å². The average Bonchev–Trinajstić information content (AvgIpc) is 0.710. The number of hydrogen-bond acceptors (Lipinski definition) is 0. The van der Waals surface area contributed by atoms with Gasteiger partial charge in [0, 0.05) is 51.4 Å². The van der Waals surface area contributed by atoms with Crippen molar-refractivity contribution in [2.75, 3.05) is 0 Å². The van der Waals surface area contributed by atoms with E-state index < -0.39 is 0 Å². The number of hydrogen-bond donors (Lipinski definition) is 0. The van der Waals surface area contributed by atoms with E-state index in [0.29, 0.717) is 0 Å². The predicted molar refractivity (Wildman–Crippen MR) is 409 cm³/mol. The molecule has 0 spiro atoms. The molecule has 3 nitrogen and oxygen atoms in total. The molecule has 0 atom stereocenters. The Kier molecular flexibility index (Phi) is 15.7. The molecular formula is C93H102N3+3. The van der Waals surface area contributed by atoms with Crippen LogP contribution in [0.2, 0.25) is 0 Å². The van der Waals surface area contributed by atoms with E-state index in [1.165, 1.54) is 183 Å². The summed E-state index contributed by atoms with van der Waals surface area (Å²) in [6, 6.07) is 61.8. The number of aryl methyl sites for hydroxylation is 10. The summed E-state index contributed by atoms with van der Waals surface area (Å²) >= 11 is 0. The van der Waals surface area contributed by atoms with Crippen molar-refractivity contribution < 1.29 is 13.7 Å². The molecule has 0 amide bonds. The molecule has 15 rings (SSSR count). The Morgan fingerprint density at radius 2 is 0.583 bits per heavy atom. The van der Waals surface area contributed by atoms with E-state index in [-0.39, 0.29) is 32.5 Å².